The fraction of sp³-hybridized carbons (Fsp3) is 0.364. The Balaban J connectivity index is 0.00000180. The van der Waals surface area contributed by atoms with Crippen LogP contribution in [-0.2, 0) is 0 Å². The van der Waals surface area contributed by atoms with Crippen LogP contribution < -0.4 is 5.32 Å². The number of phenolic OH excluding ortho intramolecular Hbond substituents is 1. The number of piperazine rings is 1. The van der Waals surface area contributed by atoms with Gasteiger partial charge in [0.25, 0.3) is 5.91 Å². The fourth-order valence-electron chi connectivity index (χ4n) is 1.86. The van der Waals surface area contributed by atoms with E-state index in [1.54, 1.807) is 4.90 Å². The molecule has 8 heteroatoms. The molecule has 1 aromatic rings. The molecule has 0 atom stereocenters. The second kappa shape index (κ2) is 6.35. The standard InChI is InChI=1S/C11H13N3O4.ClH/c15-10-7-8(1-2-9(10)14(17)18)11(16)13-5-3-12-4-6-13;/h1-2,7,12,15H,3-6H2;1H. The minimum absolute atomic E-state index is 0. The highest BCUT2D eigenvalue weighted by molar-refractivity contribution is 5.95. The van der Waals surface area contributed by atoms with Crippen LogP contribution in [0.2, 0.25) is 0 Å². The van der Waals surface area contributed by atoms with E-state index >= 15 is 0 Å². The second-order valence-corrected chi connectivity index (χ2v) is 4.00. The van der Waals surface area contributed by atoms with Gasteiger partial charge in [-0.1, -0.05) is 0 Å². The third-order valence-electron chi connectivity index (χ3n) is 2.82. The Morgan fingerprint density at radius 2 is 2.00 bits per heavy atom. The van der Waals surface area contributed by atoms with E-state index < -0.39 is 16.4 Å². The number of amides is 1. The number of nitrogens with one attached hydrogen (secondary N) is 1. The van der Waals surface area contributed by atoms with E-state index in [-0.39, 0.29) is 23.9 Å². The summed E-state index contributed by atoms with van der Waals surface area (Å²) in [6, 6.07) is 3.65. The summed E-state index contributed by atoms with van der Waals surface area (Å²) < 4.78 is 0. The first kappa shape index (κ1) is 15.2. The number of nitro benzene ring substituents is 1. The highest BCUT2D eigenvalue weighted by atomic mass is 35.5. The maximum absolute atomic E-state index is 12.1. The number of rotatable bonds is 2. The molecule has 1 fully saturated rings. The zero-order valence-electron chi connectivity index (χ0n) is 10.0. The Bertz CT molecular complexity index is 489. The minimum Gasteiger partial charge on any atom is -0.502 e. The number of phenols is 1. The van der Waals surface area contributed by atoms with Crippen molar-refractivity contribution in [3.05, 3.63) is 33.9 Å². The number of benzene rings is 1. The Morgan fingerprint density at radius 1 is 1.37 bits per heavy atom. The molecule has 7 nitrogen and oxygen atoms in total. The quantitative estimate of drug-likeness (QED) is 0.619. The summed E-state index contributed by atoms with van der Waals surface area (Å²) in [6.45, 7) is 2.64. The summed E-state index contributed by atoms with van der Waals surface area (Å²) >= 11 is 0. The molecule has 1 saturated heterocycles. The molecule has 19 heavy (non-hydrogen) atoms. The van der Waals surface area contributed by atoms with Crippen LogP contribution in [0.1, 0.15) is 10.4 Å². The Hall–Kier alpha value is -1.86. The molecular weight excluding hydrogens is 274 g/mol. The number of hydrogen-bond donors (Lipinski definition) is 2. The van der Waals surface area contributed by atoms with E-state index in [0.29, 0.717) is 13.1 Å². The SMILES string of the molecule is Cl.O=C(c1ccc([N+](=O)[O-])c(O)c1)N1CCNCC1. The number of nitrogens with zero attached hydrogens (tertiary/aromatic N) is 2. The van der Waals surface area contributed by atoms with E-state index in [1.165, 1.54) is 6.07 Å². The van der Waals surface area contributed by atoms with Crippen LogP contribution in [0.25, 0.3) is 0 Å². The van der Waals surface area contributed by atoms with Gasteiger partial charge in [-0.25, -0.2) is 0 Å². The van der Waals surface area contributed by atoms with Crippen LogP contribution in [0.4, 0.5) is 5.69 Å². The highest BCUT2D eigenvalue weighted by Gasteiger charge is 2.21. The van der Waals surface area contributed by atoms with Crippen LogP contribution in [0.3, 0.4) is 0 Å². The molecule has 1 aliphatic rings. The summed E-state index contributed by atoms with van der Waals surface area (Å²) in [6.07, 6.45) is 0. The smallest absolute Gasteiger partial charge is 0.310 e. The Morgan fingerprint density at radius 3 is 2.53 bits per heavy atom. The van der Waals surface area contributed by atoms with Crippen LogP contribution in [0.15, 0.2) is 18.2 Å². The molecule has 0 aliphatic carbocycles. The van der Waals surface area contributed by atoms with Gasteiger partial charge >= 0.3 is 5.69 Å². The van der Waals surface area contributed by atoms with Crippen molar-refractivity contribution in [2.24, 2.45) is 0 Å². The summed E-state index contributed by atoms with van der Waals surface area (Å²) in [5, 5.41) is 23.2. The van der Waals surface area contributed by atoms with Crippen molar-refractivity contribution in [1.82, 2.24) is 10.2 Å². The van der Waals surface area contributed by atoms with Crippen molar-refractivity contribution >= 4 is 24.0 Å². The van der Waals surface area contributed by atoms with Gasteiger partial charge in [-0.2, -0.15) is 0 Å². The molecular formula is C11H14ClN3O4. The summed E-state index contributed by atoms with van der Waals surface area (Å²) in [7, 11) is 0. The van der Waals surface area contributed by atoms with Gasteiger partial charge in [-0.3, -0.25) is 14.9 Å². The molecule has 0 unspecified atom stereocenters. The average molecular weight is 288 g/mol. The molecule has 2 N–H and O–H groups in total. The zero-order chi connectivity index (χ0) is 13.1. The minimum atomic E-state index is -0.686. The number of aromatic hydroxyl groups is 1. The van der Waals surface area contributed by atoms with Crippen LogP contribution >= 0.6 is 12.4 Å². The fourth-order valence-corrected chi connectivity index (χ4v) is 1.86. The number of carbonyl (C=O) groups excluding carboxylic acids is 1. The average Bonchev–Trinajstić information content (AvgIpc) is 2.38. The molecule has 104 valence electrons. The number of nitro groups is 1. The van der Waals surface area contributed by atoms with Gasteiger partial charge in [-0.05, 0) is 12.1 Å². The molecule has 0 radical (unpaired) electrons. The monoisotopic (exact) mass is 287 g/mol. The van der Waals surface area contributed by atoms with Crippen molar-refractivity contribution in [3.8, 4) is 5.75 Å². The second-order valence-electron chi connectivity index (χ2n) is 4.00. The normalized spacial score (nSPS) is 14.6. The van der Waals surface area contributed by atoms with Gasteiger partial charge in [0.2, 0.25) is 0 Å². The van der Waals surface area contributed by atoms with Crippen molar-refractivity contribution in [1.29, 1.82) is 0 Å². The molecule has 1 aliphatic heterocycles. The topological polar surface area (TPSA) is 95.7 Å². The third kappa shape index (κ3) is 3.33. The summed E-state index contributed by atoms with van der Waals surface area (Å²) in [5.41, 5.74) is -0.133. The van der Waals surface area contributed by atoms with Gasteiger partial charge in [0.15, 0.2) is 5.75 Å². The number of halogens is 1. The van der Waals surface area contributed by atoms with Gasteiger partial charge in [0.1, 0.15) is 0 Å². The molecule has 0 aromatic heterocycles. The largest absolute Gasteiger partial charge is 0.502 e. The van der Waals surface area contributed by atoms with E-state index in [1.807, 2.05) is 0 Å². The molecule has 1 amide bonds. The van der Waals surface area contributed by atoms with Crippen molar-refractivity contribution in [2.45, 2.75) is 0 Å². The molecule has 2 rings (SSSR count). The maximum Gasteiger partial charge on any atom is 0.310 e. The van der Waals surface area contributed by atoms with Crippen molar-refractivity contribution < 1.29 is 14.8 Å². The third-order valence-corrected chi connectivity index (χ3v) is 2.82. The van der Waals surface area contributed by atoms with Gasteiger partial charge in [0, 0.05) is 37.8 Å². The van der Waals surface area contributed by atoms with Gasteiger partial charge in [0.05, 0.1) is 4.92 Å². The molecule has 0 spiro atoms. The van der Waals surface area contributed by atoms with Gasteiger partial charge < -0.3 is 15.3 Å². The first-order valence-corrected chi connectivity index (χ1v) is 5.57. The van der Waals surface area contributed by atoms with Gasteiger partial charge in [-0.15, -0.1) is 12.4 Å². The lowest BCUT2D eigenvalue weighted by molar-refractivity contribution is -0.385. The van der Waals surface area contributed by atoms with E-state index in [2.05, 4.69) is 5.32 Å². The first-order chi connectivity index (χ1) is 8.59. The van der Waals surface area contributed by atoms with Crippen LogP contribution in [0, 0.1) is 10.1 Å². The predicted molar refractivity (Wildman–Crippen MR) is 70.8 cm³/mol. The lowest BCUT2D eigenvalue weighted by Gasteiger charge is -2.27. The van der Waals surface area contributed by atoms with Crippen molar-refractivity contribution in [3.63, 3.8) is 0 Å². The van der Waals surface area contributed by atoms with Crippen LogP contribution in [0.5, 0.6) is 5.75 Å². The lowest BCUT2D eigenvalue weighted by Crippen LogP contribution is -2.46. The Kier molecular flexibility index (Phi) is 5.08. The Labute approximate surface area is 115 Å². The zero-order valence-corrected chi connectivity index (χ0v) is 10.9. The molecule has 1 aromatic carbocycles. The maximum atomic E-state index is 12.1. The summed E-state index contributed by atoms with van der Waals surface area (Å²) in [5.74, 6) is -0.706. The molecule has 1 heterocycles. The van der Waals surface area contributed by atoms with E-state index in [0.717, 1.165) is 25.2 Å². The number of hydrogen-bond acceptors (Lipinski definition) is 5. The summed E-state index contributed by atoms with van der Waals surface area (Å²) in [4.78, 5) is 23.6. The van der Waals surface area contributed by atoms with E-state index in [9.17, 15) is 20.0 Å². The van der Waals surface area contributed by atoms with E-state index in [4.69, 9.17) is 0 Å². The molecule has 0 bridgehead atoms. The van der Waals surface area contributed by atoms with Crippen LogP contribution in [-0.4, -0.2) is 47.0 Å². The number of carbonyl (C=O) groups is 1. The van der Waals surface area contributed by atoms with Crippen molar-refractivity contribution in [2.75, 3.05) is 26.2 Å². The molecule has 0 saturated carbocycles. The first-order valence-electron chi connectivity index (χ1n) is 5.57. The lowest BCUT2D eigenvalue weighted by atomic mass is 10.1. The predicted octanol–water partition coefficient (Wildman–Crippen LogP) is 0.768. The highest BCUT2D eigenvalue weighted by Crippen LogP contribution is 2.26.